The van der Waals surface area contributed by atoms with Crippen LogP contribution in [0.25, 0.3) is 10.8 Å². The third-order valence-electron chi connectivity index (χ3n) is 4.40. The number of carbonyl (C=O) groups excluding carboxylic acids is 4. The summed E-state index contributed by atoms with van der Waals surface area (Å²) < 4.78 is 32.1. The molecule has 1 aliphatic heterocycles. The lowest BCUT2D eigenvalue weighted by molar-refractivity contribution is -0.140. The lowest BCUT2D eigenvalue weighted by Crippen LogP contribution is -2.41. The molecular formula is C20H19NO8S3. The van der Waals surface area contributed by atoms with Crippen LogP contribution in [-0.2, 0) is 28.7 Å². The summed E-state index contributed by atoms with van der Waals surface area (Å²) in [5, 5.41) is 1.27. The van der Waals surface area contributed by atoms with Crippen LogP contribution in [0.2, 0.25) is 0 Å². The molecule has 1 heterocycles. The number of amides is 2. The van der Waals surface area contributed by atoms with Crippen LogP contribution in [0.15, 0.2) is 35.2 Å². The van der Waals surface area contributed by atoms with Crippen molar-refractivity contribution in [3.05, 3.63) is 41.5 Å². The number of benzene rings is 2. The highest BCUT2D eigenvalue weighted by Crippen LogP contribution is 2.36. The van der Waals surface area contributed by atoms with Gasteiger partial charge in [0.2, 0.25) is 0 Å². The maximum atomic E-state index is 12.7. The first-order chi connectivity index (χ1) is 15.1. The zero-order chi connectivity index (χ0) is 23.5. The topological polar surface area (TPSA) is 124 Å². The second-order valence-corrected chi connectivity index (χ2v) is 10.5. The fourth-order valence-electron chi connectivity index (χ4n) is 3.04. The number of ether oxygens (including phenoxy) is 1. The molecule has 0 radical (unpaired) electrons. The first kappa shape index (κ1) is 24.2. The minimum absolute atomic E-state index is 0.0527. The van der Waals surface area contributed by atoms with Crippen molar-refractivity contribution in [1.82, 2.24) is 5.06 Å². The second-order valence-electron chi connectivity index (χ2n) is 6.67. The average molecular weight is 498 g/mol. The standard InChI is InChI=1S/C20H19NO8S3/c1-28-16(22)8-10-31-17(23)9-11-30-15-7-6-14-18-12(15)4-3-5-13(18)19(24)21(20(14)25)29-32(2,26)27/h3-7H,8-11H2,1-2H3. The zero-order valence-electron chi connectivity index (χ0n) is 17.2. The Labute approximate surface area is 192 Å². The molecule has 170 valence electrons. The molecule has 0 spiro atoms. The molecule has 32 heavy (non-hydrogen) atoms. The monoisotopic (exact) mass is 497 g/mol. The summed E-state index contributed by atoms with van der Waals surface area (Å²) in [5.74, 6) is -1.27. The van der Waals surface area contributed by atoms with Crippen LogP contribution in [0, 0.1) is 0 Å². The lowest BCUT2D eigenvalue weighted by atomic mass is 9.95. The van der Waals surface area contributed by atoms with Gasteiger partial charge in [-0.3, -0.25) is 19.2 Å². The number of esters is 1. The van der Waals surface area contributed by atoms with Gasteiger partial charge in [-0.05, 0) is 23.6 Å². The van der Waals surface area contributed by atoms with Crippen LogP contribution in [0.3, 0.4) is 0 Å². The number of hydrogen-bond acceptors (Lipinski definition) is 10. The van der Waals surface area contributed by atoms with Gasteiger partial charge in [0.05, 0.1) is 30.9 Å². The molecule has 0 unspecified atom stereocenters. The van der Waals surface area contributed by atoms with E-state index < -0.39 is 21.9 Å². The maximum absolute atomic E-state index is 12.7. The van der Waals surface area contributed by atoms with Crippen molar-refractivity contribution >= 4 is 67.3 Å². The highest BCUT2D eigenvalue weighted by Gasteiger charge is 2.36. The van der Waals surface area contributed by atoms with Crippen molar-refractivity contribution in [1.29, 1.82) is 0 Å². The molecule has 0 saturated heterocycles. The SMILES string of the molecule is COC(=O)CCSC(=O)CCSc1ccc2c3c(cccc13)C(=O)N(OS(C)(=O)=O)C2=O. The van der Waals surface area contributed by atoms with Crippen molar-refractivity contribution in [2.24, 2.45) is 0 Å². The van der Waals surface area contributed by atoms with Crippen molar-refractivity contribution in [3.63, 3.8) is 0 Å². The predicted octanol–water partition coefficient (Wildman–Crippen LogP) is 2.63. The molecule has 9 nitrogen and oxygen atoms in total. The normalized spacial score (nSPS) is 13.5. The molecule has 2 aromatic carbocycles. The van der Waals surface area contributed by atoms with E-state index >= 15 is 0 Å². The Morgan fingerprint density at radius 3 is 2.34 bits per heavy atom. The number of hydrogen-bond donors (Lipinski definition) is 0. The molecule has 0 N–H and O–H groups in total. The number of nitrogens with zero attached hydrogens (tertiary/aromatic N) is 1. The Morgan fingerprint density at radius 1 is 1.00 bits per heavy atom. The minimum Gasteiger partial charge on any atom is -0.469 e. The van der Waals surface area contributed by atoms with E-state index in [0.29, 0.717) is 22.3 Å². The van der Waals surface area contributed by atoms with Crippen molar-refractivity contribution in [2.75, 3.05) is 24.9 Å². The van der Waals surface area contributed by atoms with E-state index in [1.54, 1.807) is 18.2 Å². The summed E-state index contributed by atoms with van der Waals surface area (Å²) in [6.07, 6.45) is 1.18. The summed E-state index contributed by atoms with van der Waals surface area (Å²) in [4.78, 5) is 49.3. The van der Waals surface area contributed by atoms with E-state index in [0.717, 1.165) is 22.9 Å². The number of carbonyl (C=O) groups is 4. The summed E-state index contributed by atoms with van der Waals surface area (Å²) in [7, 11) is -2.79. The van der Waals surface area contributed by atoms with E-state index in [-0.39, 0.29) is 40.1 Å². The highest BCUT2D eigenvalue weighted by molar-refractivity contribution is 8.13. The van der Waals surface area contributed by atoms with E-state index in [1.807, 2.05) is 0 Å². The number of hydroxylamine groups is 2. The molecule has 12 heteroatoms. The largest absolute Gasteiger partial charge is 0.469 e. The maximum Gasteiger partial charge on any atom is 0.306 e. The van der Waals surface area contributed by atoms with Gasteiger partial charge in [0.15, 0.2) is 5.12 Å². The van der Waals surface area contributed by atoms with Crippen LogP contribution in [0.4, 0.5) is 0 Å². The van der Waals surface area contributed by atoms with E-state index in [4.69, 9.17) is 0 Å². The Bertz CT molecular complexity index is 1190. The molecule has 0 atom stereocenters. The zero-order valence-corrected chi connectivity index (χ0v) is 19.6. The summed E-state index contributed by atoms with van der Waals surface area (Å²) in [6.45, 7) is 0. The Morgan fingerprint density at radius 2 is 1.69 bits per heavy atom. The molecule has 0 bridgehead atoms. The number of rotatable bonds is 9. The van der Waals surface area contributed by atoms with Crippen LogP contribution < -0.4 is 0 Å². The van der Waals surface area contributed by atoms with Crippen LogP contribution in [0.5, 0.6) is 0 Å². The molecule has 0 aromatic heterocycles. The first-order valence-electron chi connectivity index (χ1n) is 9.31. The van der Waals surface area contributed by atoms with Crippen LogP contribution in [0.1, 0.15) is 33.6 Å². The molecular weight excluding hydrogens is 478 g/mol. The molecule has 0 saturated carbocycles. The Balaban J connectivity index is 1.75. The first-order valence-corrected chi connectivity index (χ1v) is 13.1. The highest BCUT2D eigenvalue weighted by atomic mass is 32.2. The minimum atomic E-state index is -4.08. The van der Waals surface area contributed by atoms with Gasteiger partial charge in [-0.15, -0.1) is 21.1 Å². The number of imide groups is 1. The van der Waals surface area contributed by atoms with Gasteiger partial charge in [0.1, 0.15) is 0 Å². The number of thioether (sulfide) groups is 2. The van der Waals surface area contributed by atoms with Crippen LogP contribution >= 0.6 is 23.5 Å². The summed E-state index contributed by atoms with van der Waals surface area (Å²) in [6, 6.07) is 8.08. The van der Waals surface area contributed by atoms with Gasteiger partial charge in [-0.1, -0.05) is 23.9 Å². The van der Waals surface area contributed by atoms with Crippen molar-refractivity contribution < 1.29 is 36.6 Å². The number of methoxy groups -OCH3 is 1. The fraction of sp³-hybridized carbons (Fsp3) is 0.300. The lowest BCUT2D eigenvalue weighted by Gasteiger charge is -2.25. The molecule has 3 rings (SSSR count). The quantitative estimate of drug-likeness (QED) is 0.290. The fourth-order valence-corrected chi connectivity index (χ4v) is 5.32. The van der Waals surface area contributed by atoms with Gasteiger partial charge in [0.25, 0.3) is 21.9 Å². The van der Waals surface area contributed by atoms with Gasteiger partial charge in [-0.2, -0.15) is 8.42 Å². The molecule has 1 aliphatic rings. The average Bonchev–Trinajstić information content (AvgIpc) is 2.74. The van der Waals surface area contributed by atoms with Gasteiger partial charge < -0.3 is 4.74 Å². The molecule has 0 aliphatic carbocycles. The third kappa shape index (κ3) is 5.49. The Hall–Kier alpha value is -2.41. The molecule has 2 aromatic rings. The third-order valence-corrected chi connectivity index (χ3v) is 6.83. The van der Waals surface area contributed by atoms with E-state index in [2.05, 4.69) is 9.02 Å². The van der Waals surface area contributed by atoms with Crippen molar-refractivity contribution in [3.8, 4) is 0 Å². The van der Waals surface area contributed by atoms with Gasteiger partial charge in [-0.25, -0.2) is 0 Å². The van der Waals surface area contributed by atoms with Crippen LogP contribution in [-0.4, -0.2) is 61.3 Å². The molecule has 2 amide bonds. The van der Waals surface area contributed by atoms with E-state index in [9.17, 15) is 27.6 Å². The van der Waals surface area contributed by atoms with Gasteiger partial charge in [0, 0.05) is 28.2 Å². The van der Waals surface area contributed by atoms with E-state index in [1.165, 1.54) is 31.0 Å². The smallest absolute Gasteiger partial charge is 0.306 e. The molecule has 0 fully saturated rings. The summed E-state index contributed by atoms with van der Waals surface area (Å²) in [5.41, 5.74) is 0.301. The Kier molecular flexibility index (Phi) is 7.59. The second kappa shape index (κ2) is 10.0. The summed E-state index contributed by atoms with van der Waals surface area (Å²) >= 11 is 2.47. The van der Waals surface area contributed by atoms with Gasteiger partial charge >= 0.3 is 5.97 Å². The van der Waals surface area contributed by atoms with Crippen molar-refractivity contribution in [2.45, 2.75) is 17.7 Å². The predicted molar refractivity (Wildman–Crippen MR) is 120 cm³/mol.